The molecule has 0 bridgehead atoms. The zero-order valence-corrected chi connectivity index (χ0v) is 5.30. The number of likely N-dealkylation sites (tertiary alicyclic amines) is 1. The van der Waals surface area contributed by atoms with Crippen molar-refractivity contribution in [3.63, 3.8) is 0 Å². The molecular formula is C6H13NO. The normalized spacial score (nSPS) is 24.8. The van der Waals surface area contributed by atoms with E-state index in [0.717, 1.165) is 6.54 Å². The number of rotatable bonds is 2. The first-order valence-electron chi connectivity index (χ1n) is 3.19. The lowest BCUT2D eigenvalue weighted by Crippen LogP contribution is -2.41. The molecule has 0 saturated carbocycles. The molecule has 2 heteroatoms. The van der Waals surface area contributed by atoms with Crippen LogP contribution in [0.4, 0.5) is 0 Å². The molecule has 48 valence electrons. The number of aliphatic hydroxyl groups excluding tert-OH is 1. The van der Waals surface area contributed by atoms with Gasteiger partial charge in [0, 0.05) is 6.54 Å². The van der Waals surface area contributed by atoms with E-state index in [4.69, 9.17) is 5.11 Å². The van der Waals surface area contributed by atoms with Gasteiger partial charge in [-0.25, -0.2) is 0 Å². The van der Waals surface area contributed by atoms with Gasteiger partial charge in [0.15, 0.2) is 0 Å². The van der Waals surface area contributed by atoms with Gasteiger partial charge in [-0.15, -0.1) is 0 Å². The van der Waals surface area contributed by atoms with Crippen molar-refractivity contribution < 1.29 is 5.11 Å². The Balaban J connectivity index is 2.01. The molecular weight excluding hydrogens is 102 g/mol. The van der Waals surface area contributed by atoms with Crippen LogP contribution in [0.25, 0.3) is 0 Å². The van der Waals surface area contributed by atoms with Crippen LogP contribution < -0.4 is 0 Å². The van der Waals surface area contributed by atoms with E-state index in [1.165, 1.54) is 19.5 Å². The molecule has 0 aliphatic carbocycles. The van der Waals surface area contributed by atoms with Gasteiger partial charge in [-0.2, -0.15) is 0 Å². The molecule has 1 heterocycles. The van der Waals surface area contributed by atoms with Crippen molar-refractivity contribution in [2.75, 3.05) is 19.6 Å². The third-order valence-corrected chi connectivity index (χ3v) is 1.47. The molecule has 1 atom stereocenters. The van der Waals surface area contributed by atoms with Crippen LogP contribution in [-0.2, 0) is 0 Å². The van der Waals surface area contributed by atoms with Gasteiger partial charge >= 0.3 is 0 Å². The summed E-state index contributed by atoms with van der Waals surface area (Å²) < 4.78 is 0. The minimum absolute atomic E-state index is 0.143. The summed E-state index contributed by atoms with van der Waals surface area (Å²) in [7, 11) is 0. The second kappa shape index (κ2) is 2.46. The zero-order valence-electron chi connectivity index (χ0n) is 5.30. The third-order valence-electron chi connectivity index (χ3n) is 1.47. The van der Waals surface area contributed by atoms with Crippen LogP contribution >= 0.6 is 0 Å². The SMILES string of the molecule is C[C@H](O)CN1CCC1. The molecule has 1 N–H and O–H groups in total. The number of aliphatic hydroxyl groups is 1. The average molecular weight is 115 g/mol. The van der Waals surface area contributed by atoms with E-state index in [1.54, 1.807) is 0 Å². The van der Waals surface area contributed by atoms with E-state index >= 15 is 0 Å². The molecule has 0 spiro atoms. The minimum Gasteiger partial charge on any atom is -0.392 e. The third kappa shape index (κ3) is 1.46. The Hall–Kier alpha value is -0.0800. The van der Waals surface area contributed by atoms with Crippen molar-refractivity contribution in [1.82, 2.24) is 4.90 Å². The van der Waals surface area contributed by atoms with Crippen molar-refractivity contribution >= 4 is 0 Å². The van der Waals surface area contributed by atoms with E-state index in [-0.39, 0.29) is 6.10 Å². The van der Waals surface area contributed by atoms with E-state index in [0.29, 0.717) is 0 Å². The summed E-state index contributed by atoms with van der Waals surface area (Å²) in [5.74, 6) is 0. The quantitative estimate of drug-likeness (QED) is 0.550. The van der Waals surface area contributed by atoms with Crippen LogP contribution in [0.15, 0.2) is 0 Å². The van der Waals surface area contributed by atoms with Crippen LogP contribution in [0.1, 0.15) is 13.3 Å². The summed E-state index contributed by atoms with van der Waals surface area (Å²) in [6.07, 6.45) is 1.17. The van der Waals surface area contributed by atoms with E-state index < -0.39 is 0 Å². The van der Waals surface area contributed by atoms with Crippen molar-refractivity contribution in [3.05, 3.63) is 0 Å². The largest absolute Gasteiger partial charge is 0.392 e. The van der Waals surface area contributed by atoms with Crippen LogP contribution in [-0.4, -0.2) is 35.7 Å². The van der Waals surface area contributed by atoms with Gasteiger partial charge in [0.2, 0.25) is 0 Å². The minimum atomic E-state index is -0.143. The van der Waals surface area contributed by atoms with Gasteiger partial charge in [0.1, 0.15) is 0 Å². The number of β-amino-alcohol motifs (C(OH)–C–C–N with tert-alkyl or cyclic N) is 1. The molecule has 0 aromatic carbocycles. The van der Waals surface area contributed by atoms with Crippen molar-refractivity contribution in [1.29, 1.82) is 0 Å². The van der Waals surface area contributed by atoms with Gasteiger partial charge in [-0.05, 0) is 26.4 Å². The maximum atomic E-state index is 8.85. The molecule has 0 aromatic heterocycles. The lowest BCUT2D eigenvalue weighted by molar-refractivity contribution is 0.0897. The highest BCUT2D eigenvalue weighted by Crippen LogP contribution is 2.05. The standard InChI is InChI=1S/C6H13NO/c1-6(8)5-7-3-2-4-7/h6,8H,2-5H2,1H3/t6-/m0/s1. The molecule has 1 saturated heterocycles. The molecule has 0 radical (unpaired) electrons. The molecule has 0 unspecified atom stereocenters. The summed E-state index contributed by atoms with van der Waals surface area (Å²) in [6.45, 7) is 5.06. The zero-order chi connectivity index (χ0) is 5.98. The lowest BCUT2D eigenvalue weighted by atomic mass is 10.2. The molecule has 8 heavy (non-hydrogen) atoms. The van der Waals surface area contributed by atoms with Crippen LogP contribution in [0.5, 0.6) is 0 Å². The first-order chi connectivity index (χ1) is 3.79. The highest BCUT2D eigenvalue weighted by molar-refractivity contribution is 4.69. The Morgan fingerprint density at radius 2 is 2.25 bits per heavy atom. The average Bonchev–Trinajstić information content (AvgIpc) is 1.55. The number of hydrogen-bond acceptors (Lipinski definition) is 2. The molecule has 1 aliphatic heterocycles. The molecule has 1 fully saturated rings. The Morgan fingerprint density at radius 3 is 2.38 bits per heavy atom. The topological polar surface area (TPSA) is 23.5 Å². The lowest BCUT2D eigenvalue weighted by Gasteiger charge is -2.31. The summed E-state index contributed by atoms with van der Waals surface area (Å²) >= 11 is 0. The summed E-state index contributed by atoms with van der Waals surface area (Å²) in [4.78, 5) is 2.25. The summed E-state index contributed by atoms with van der Waals surface area (Å²) in [6, 6.07) is 0. The molecule has 1 rings (SSSR count). The fourth-order valence-electron chi connectivity index (χ4n) is 0.938. The monoisotopic (exact) mass is 115 g/mol. The maximum absolute atomic E-state index is 8.85. The van der Waals surface area contributed by atoms with Crippen molar-refractivity contribution in [2.24, 2.45) is 0 Å². The molecule has 2 nitrogen and oxygen atoms in total. The molecule has 1 aliphatic rings. The highest BCUT2D eigenvalue weighted by Gasteiger charge is 2.14. The predicted molar refractivity (Wildman–Crippen MR) is 32.7 cm³/mol. The number of hydrogen-bond donors (Lipinski definition) is 1. The highest BCUT2D eigenvalue weighted by atomic mass is 16.3. The second-order valence-electron chi connectivity index (χ2n) is 2.50. The van der Waals surface area contributed by atoms with Crippen LogP contribution in [0.2, 0.25) is 0 Å². The van der Waals surface area contributed by atoms with E-state index in [1.807, 2.05) is 6.92 Å². The van der Waals surface area contributed by atoms with Crippen molar-refractivity contribution in [3.8, 4) is 0 Å². The van der Waals surface area contributed by atoms with E-state index in [9.17, 15) is 0 Å². The molecule has 0 amide bonds. The maximum Gasteiger partial charge on any atom is 0.0639 e. The Labute approximate surface area is 50.1 Å². The Morgan fingerprint density at radius 1 is 1.62 bits per heavy atom. The van der Waals surface area contributed by atoms with Crippen LogP contribution in [0.3, 0.4) is 0 Å². The van der Waals surface area contributed by atoms with Gasteiger partial charge in [0.25, 0.3) is 0 Å². The smallest absolute Gasteiger partial charge is 0.0639 e. The fourth-order valence-corrected chi connectivity index (χ4v) is 0.938. The molecule has 0 aromatic rings. The van der Waals surface area contributed by atoms with Crippen LogP contribution in [0, 0.1) is 0 Å². The summed E-state index contributed by atoms with van der Waals surface area (Å²) in [5.41, 5.74) is 0. The van der Waals surface area contributed by atoms with Gasteiger partial charge in [-0.1, -0.05) is 0 Å². The fraction of sp³-hybridized carbons (Fsp3) is 1.00. The Kier molecular flexibility index (Phi) is 1.86. The van der Waals surface area contributed by atoms with E-state index in [2.05, 4.69) is 4.90 Å². The predicted octanol–water partition coefficient (Wildman–Crippen LogP) is 0.0729. The summed E-state index contributed by atoms with van der Waals surface area (Å²) in [5, 5.41) is 8.85. The number of nitrogens with zero attached hydrogens (tertiary/aromatic N) is 1. The first kappa shape index (κ1) is 6.05. The van der Waals surface area contributed by atoms with Crippen molar-refractivity contribution in [2.45, 2.75) is 19.4 Å². The first-order valence-corrected chi connectivity index (χ1v) is 3.19. The van der Waals surface area contributed by atoms with Gasteiger partial charge in [-0.3, -0.25) is 0 Å². The second-order valence-corrected chi connectivity index (χ2v) is 2.50. The Bertz CT molecular complexity index is 68.9. The van der Waals surface area contributed by atoms with Gasteiger partial charge in [0.05, 0.1) is 6.10 Å². The van der Waals surface area contributed by atoms with Gasteiger partial charge < -0.3 is 10.0 Å².